The number of rotatable bonds is 8. The first kappa shape index (κ1) is 24.9. The van der Waals surface area contributed by atoms with Crippen LogP contribution in [0.3, 0.4) is 0 Å². The molecule has 0 aliphatic rings. The van der Waals surface area contributed by atoms with E-state index in [0.717, 1.165) is 23.6 Å². The molecule has 0 aromatic heterocycles. The summed E-state index contributed by atoms with van der Waals surface area (Å²) in [5, 5.41) is 12.5. The second-order valence-corrected chi connectivity index (χ2v) is 10.1. The summed E-state index contributed by atoms with van der Waals surface area (Å²) >= 11 is 13.1. The van der Waals surface area contributed by atoms with E-state index in [1.165, 1.54) is 12.1 Å². The number of nitro benzene ring substituents is 1. The van der Waals surface area contributed by atoms with Gasteiger partial charge in [0.05, 0.1) is 20.4 Å². The maximum Gasteiger partial charge on any atom is 0.316 e. The van der Waals surface area contributed by atoms with Gasteiger partial charge in [0.2, 0.25) is 5.75 Å². The summed E-state index contributed by atoms with van der Waals surface area (Å²) in [5.41, 5.74) is 1.49. The molecule has 9 nitrogen and oxygen atoms in total. The molecule has 4 N–H and O–H groups in total. The fourth-order valence-corrected chi connectivity index (χ4v) is 5.26. The van der Waals surface area contributed by atoms with Crippen molar-refractivity contribution in [3.8, 4) is 5.75 Å². The molecule has 3 aromatic rings. The predicted octanol–water partition coefficient (Wildman–Crippen LogP) is 5.69. The fraction of sp³-hybridized carbons (Fsp3) is 0.100. The molecule has 0 amide bonds. The van der Waals surface area contributed by atoms with Crippen LogP contribution in [-0.4, -0.2) is 13.3 Å². The van der Waals surface area contributed by atoms with Crippen molar-refractivity contribution in [2.24, 2.45) is 5.90 Å². The number of nitrogens with one attached hydrogen (secondary N) is 2. The molecule has 0 bridgehead atoms. The molecule has 0 aliphatic carbocycles. The van der Waals surface area contributed by atoms with Gasteiger partial charge < -0.3 is 9.56 Å². The minimum Gasteiger partial charge on any atom is -0.403 e. The van der Waals surface area contributed by atoms with Gasteiger partial charge in [-0.1, -0.05) is 35.3 Å². The lowest BCUT2D eigenvalue weighted by molar-refractivity contribution is -0.386. The first-order chi connectivity index (χ1) is 15.5. The zero-order chi connectivity index (χ0) is 24.3. The Labute approximate surface area is 204 Å². The molecule has 0 saturated carbocycles. The van der Waals surface area contributed by atoms with E-state index in [1.54, 1.807) is 44.2 Å². The highest BCUT2D eigenvalue weighted by Crippen LogP contribution is 2.40. The van der Waals surface area contributed by atoms with Crippen molar-refractivity contribution in [3.05, 3.63) is 79.8 Å². The third kappa shape index (κ3) is 5.45. The maximum atomic E-state index is 13.1. The highest BCUT2D eigenvalue weighted by atomic mass is 35.5. The van der Waals surface area contributed by atoms with Crippen LogP contribution in [0.5, 0.6) is 5.75 Å². The van der Waals surface area contributed by atoms with Gasteiger partial charge in [0.1, 0.15) is 0 Å². The maximum absolute atomic E-state index is 13.1. The van der Waals surface area contributed by atoms with E-state index in [1.807, 2.05) is 0 Å². The minimum atomic E-state index is -4.23. The van der Waals surface area contributed by atoms with Crippen LogP contribution < -0.4 is 20.2 Å². The van der Waals surface area contributed by atoms with Gasteiger partial charge >= 0.3 is 5.69 Å². The lowest BCUT2D eigenvalue weighted by Gasteiger charge is -2.15. The summed E-state index contributed by atoms with van der Waals surface area (Å²) in [6.07, 6.45) is 0. The topological polar surface area (TPSA) is 137 Å². The van der Waals surface area contributed by atoms with E-state index in [2.05, 4.69) is 9.44 Å². The second kappa shape index (κ2) is 10.1. The van der Waals surface area contributed by atoms with Crippen molar-refractivity contribution in [1.82, 2.24) is 0 Å². The predicted molar refractivity (Wildman–Crippen MR) is 131 cm³/mol. The monoisotopic (exact) mass is 528 g/mol. The number of nitrogens with two attached hydrogens (primary N) is 1. The van der Waals surface area contributed by atoms with E-state index in [-0.39, 0.29) is 21.2 Å². The number of hydrogen-bond donors (Lipinski definition) is 3. The standard InChI is InChI=1S/C20H18Cl2N4O5S2/c1-11-14(21)5-3-7-16(11)24-32-19-10-13(9-18(26(27)28)20(19)31-23)33(29,30)25-17-8-4-6-15(22)12(17)2/h3-10,24-25H,23H2,1-2H3. The molecular weight excluding hydrogens is 511 g/mol. The largest absolute Gasteiger partial charge is 0.403 e. The number of anilines is 2. The molecule has 0 aliphatic heterocycles. The molecule has 3 rings (SSSR count). The summed E-state index contributed by atoms with van der Waals surface area (Å²) in [6.45, 7) is 3.43. The van der Waals surface area contributed by atoms with Crippen molar-refractivity contribution >= 4 is 62.2 Å². The first-order valence-corrected chi connectivity index (χ1v) is 12.3. The van der Waals surface area contributed by atoms with E-state index >= 15 is 0 Å². The summed E-state index contributed by atoms with van der Waals surface area (Å²) < 4.78 is 31.5. The number of halogens is 2. The molecule has 0 spiro atoms. The molecule has 3 aromatic carbocycles. The Morgan fingerprint density at radius 1 is 1.03 bits per heavy atom. The number of nitrogens with zero attached hydrogens (tertiary/aromatic N) is 1. The van der Waals surface area contributed by atoms with Gasteiger partial charge in [-0.2, -0.15) is 5.90 Å². The van der Waals surface area contributed by atoms with Gasteiger partial charge in [-0.25, -0.2) is 8.42 Å². The number of nitro groups is 1. The molecule has 0 unspecified atom stereocenters. The average Bonchev–Trinajstić information content (AvgIpc) is 2.77. The van der Waals surface area contributed by atoms with Crippen molar-refractivity contribution < 1.29 is 18.2 Å². The van der Waals surface area contributed by atoms with Crippen LogP contribution in [0.2, 0.25) is 10.0 Å². The van der Waals surface area contributed by atoms with E-state index in [9.17, 15) is 18.5 Å². The Morgan fingerprint density at radius 3 is 2.18 bits per heavy atom. The Bertz CT molecular complexity index is 1340. The first-order valence-electron chi connectivity index (χ1n) is 9.20. The normalized spacial score (nSPS) is 11.2. The van der Waals surface area contributed by atoms with Crippen molar-refractivity contribution in [1.29, 1.82) is 0 Å². The van der Waals surface area contributed by atoms with Crippen LogP contribution in [0.25, 0.3) is 0 Å². The molecular formula is C20H18Cl2N4O5S2. The second-order valence-electron chi connectivity index (χ2n) is 6.78. The van der Waals surface area contributed by atoms with Crippen molar-refractivity contribution in [2.75, 3.05) is 9.44 Å². The highest BCUT2D eigenvalue weighted by molar-refractivity contribution is 8.00. The highest BCUT2D eigenvalue weighted by Gasteiger charge is 2.27. The SMILES string of the molecule is Cc1c(Cl)cccc1NSc1cc(S(=O)(=O)Nc2cccc(Cl)c2C)cc([N+](=O)[O-])c1ON. The molecule has 33 heavy (non-hydrogen) atoms. The lowest BCUT2D eigenvalue weighted by atomic mass is 10.2. The van der Waals surface area contributed by atoms with Gasteiger partial charge in [0.15, 0.2) is 0 Å². The molecule has 0 heterocycles. The average molecular weight is 529 g/mol. The van der Waals surface area contributed by atoms with Gasteiger partial charge in [-0.05, 0) is 67.3 Å². The summed E-state index contributed by atoms with van der Waals surface area (Å²) in [4.78, 5) is 15.3. The Hall–Kier alpha value is -2.70. The minimum absolute atomic E-state index is 0.0780. The van der Waals surface area contributed by atoms with Gasteiger partial charge in [-0.3, -0.25) is 14.8 Å². The van der Waals surface area contributed by atoms with Gasteiger partial charge in [-0.15, -0.1) is 0 Å². The van der Waals surface area contributed by atoms with Gasteiger partial charge in [0.25, 0.3) is 10.0 Å². The summed E-state index contributed by atoms with van der Waals surface area (Å²) in [7, 11) is -4.23. The molecule has 0 radical (unpaired) electrons. The molecule has 0 saturated heterocycles. The summed E-state index contributed by atoms with van der Waals surface area (Å²) in [5.74, 6) is 4.99. The summed E-state index contributed by atoms with van der Waals surface area (Å²) in [6, 6.07) is 12.0. The zero-order valence-electron chi connectivity index (χ0n) is 17.3. The Balaban J connectivity index is 2.05. The molecule has 13 heteroatoms. The van der Waals surface area contributed by atoms with E-state index in [0.29, 0.717) is 21.3 Å². The Morgan fingerprint density at radius 2 is 1.61 bits per heavy atom. The van der Waals surface area contributed by atoms with Crippen LogP contribution in [0.15, 0.2) is 58.3 Å². The zero-order valence-corrected chi connectivity index (χ0v) is 20.4. The molecule has 174 valence electrons. The fourth-order valence-electron chi connectivity index (χ4n) is 2.80. The van der Waals surface area contributed by atoms with Crippen molar-refractivity contribution in [3.63, 3.8) is 0 Å². The van der Waals surface area contributed by atoms with E-state index < -0.39 is 20.6 Å². The number of sulfonamides is 1. The number of benzene rings is 3. The third-order valence-corrected chi connectivity index (χ3v) is 7.69. The van der Waals surface area contributed by atoms with Crippen molar-refractivity contribution in [2.45, 2.75) is 23.6 Å². The molecule has 0 fully saturated rings. The third-order valence-electron chi connectivity index (χ3n) is 4.68. The van der Waals surface area contributed by atoms with E-state index in [4.69, 9.17) is 33.9 Å². The Kier molecular flexibility index (Phi) is 7.60. The van der Waals surface area contributed by atoms with Crippen LogP contribution in [0.1, 0.15) is 11.1 Å². The van der Waals surface area contributed by atoms with Crippen LogP contribution in [-0.2, 0) is 10.0 Å². The van der Waals surface area contributed by atoms with Crippen LogP contribution in [0, 0.1) is 24.0 Å². The number of hydrogen-bond acceptors (Lipinski definition) is 8. The lowest BCUT2D eigenvalue weighted by Crippen LogP contribution is -2.15. The smallest absolute Gasteiger partial charge is 0.316 e. The van der Waals surface area contributed by atoms with Crippen LogP contribution in [0.4, 0.5) is 17.1 Å². The molecule has 0 atom stereocenters. The van der Waals surface area contributed by atoms with Gasteiger partial charge in [0, 0.05) is 21.8 Å². The van der Waals surface area contributed by atoms with Crippen LogP contribution >= 0.6 is 35.1 Å². The quantitative estimate of drug-likeness (QED) is 0.192.